The highest BCUT2D eigenvalue weighted by molar-refractivity contribution is 7.99. The van der Waals surface area contributed by atoms with E-state index in [1.165, 1.54) is 11.8 Å². The zero-order valence-electron chi connectivity index (χ0n) is 14.7. The maximum atomic E-state index is 13.6. The molecule has 0 radical (unpaired) electrons. The second kappa shape index (κ2) is 8.77. The highest BCUT2D eigenvalue weighted by atomic mass is 32.2. The van der Waals surface area contributed by atoms with Gasteiger partial charge in [0.1, 0.15) is 17.5 Å². The van der Waals surface area contributed by atoms with Crippen molar-refractivity contribution in [3.63, 3.8) is 0 Å². The third-order valence-electron chi connectivity index (χ3n) is 3.85. The van der Waals surface area contributed by atoms with E-state index in [4.69, 9.17) is 0 Å². The Morgan fingerprint density at radius 1 is 1.15 bits per heavy atom. The maximum absolute atomic E-state index is 13.6. The van der Waals surface area contributed by atoms with Crippen LogP contribution in [0.15, 0.2) is 53.7 Å². The first-order valence-corrected chi connectivity index (χ1v) is 9.39. The Morgan fingerprint density at radius 2 is 1.93 bits per heavy atom. The van der Waals surface area contributed by atoms with Crippen molar-refractivity contribution in [2.45, 2.75) is 25.0 Å². The number of halogens is 2. The molecule has 0 saturated heterocycles. The SMILES string of the molecule is CCn1c(Cc2ccccc2)nnc1SCC(=O)Nc1cc(F)ccc1F. The summed E-state index contributed by atoms with van der Waals surface area (Å²) in [6, 6.07) is 12.8. The summed E-state index contributed by atoms with van der Waals surface area (Å²) >= 11 is 1.20. The van der Waals surface area contributed by atoms with Gasteiger partial charge >= 0.3 is 0 Å². The summed E-state index contributed by atoms with van der Waals surface area (Å²) < 4.78 is 28.7. The minimum absolute atomic E-state index is 0.0133. The highest BCUT2D eigenvalue weighted by Gasteiger charge is 2.14. The number of rotatable bonds is 7. The summed E-state index contributed by atoms with van der Waals surface area (Å²) in [6.45, 7) is 2.64. The molecule has 5 nitrogen and oxygen atoms in total. The van der Waals surface area contributed by atoms with Crippen LogP contribution in [0.5, 0.6) is 0 Å². The summed E-state index contributed by atoms with van der Waals surface area (Å²) in [6.07, 6.45) is 0.642. The second-order valence-electron chi connectivity index (χ2n) is 5.77. The van der Waals surface area contributed by atoms with E-state index in [9.17, 15) is 13.6 Å². The van der Waals surface area contributed by atoms with Crippen molar-refractivity contribution in [1.82, 2.24) is 14.8 Å². The summed E-state index contributed by atoms with van der Waals surface area (Å²) in [5.41, 5.74) is 0.942. The number of nitrogens with one attached hydrogen (secondary N) is 1. The Morgan fingerprint density at radius 3 is 2.67 bits per heavy atom. The molecule has 0 bridgehead atoms. The molecule has 1 N–H and O–H groups in total. The van der Waals surface area contributed by atoms with E-state index in [1.54, 1.807) is 0 Å². The van der Waals surface area contributed by atoms with Gasteiger partial charge in [-0.15, -0.1) is 10.2 Å². The van der Waals surface area contributed by atoms with Crippen molar-refractivity contribution in [2.75, 3.05) is 11.1 Å². The molecular weight excluding hydrogens is 370 g/mol. The van der Waals surface area contributed by atoms with Crippen LogP contribution < -0.4 is 5.32 Å². The molecule has 0 aliphatic heterocycles. The smallest absolute Gasteiger partial charge is 0.234 e. The first kappa shape index (κ1) is 19.0. The number of hydrogen-bond donors (Lipinski definition) is 1. The molecule has 27 heavy (non-hydrogen) atoms. The van der Waals surface area contributed by atoms with Gasteiger partial charge < -0.3 is 9.88 Å². The van der Waals surface area contributed by atoms with Gasteiger partial charge in [0.05, 0.1) is 11.4 Å². The van der Waals surface area contributed by atoms with E-state index < -0.39 is 17.5 Å². The Balaban J connectivity index is 1.64. The van der Waals surface area contributed by atoms with Crippen molar-refractivity contribution in [3.8, 4) is 0 Å². The van der Waals surface area contributed by atoms with Crippen LogP contribution in [0.25, 0.3) is 0 Å². The van der Waals surface area contributed by atoms with E-state index in [1.807, 2.05) is 41.8 Å². The van der Waals surface area contributed by atoms with E-state index in [0.29, 0.717) is 18.1 Å². The zero-order chi connectivity index (χ0) is 19.2. The predicted molar refractivity (Wildman–Crippen MR) is 101 cm³/mol. The first-order valence-electron chi connectivity index (χ1n) is 8.40. The summed E-state index contributed by atoms with van der Waals surface area (Å²) in [5, 5.41) is 11.4. The van der Waals surface area contributed by atoms with E-state index in [0.717, 1.165) is 29.6 Å². The topological polar surface area (TPSA) is 59.8 Å². The van der Waals surface area contributed by atoms with Crippen LogP contribution in [-0.2, 0) is 17.8 Å². The number of anilines is 1. The lowest BCUT2D eigenvalue weighted by Gasteiger charge is -2.08. The molecule has 1 aromatic heterocycles. The molecule has 1 heterocycles. The van der Waals surface area contributed by atoms with Crippen molar-refractivity contribution in [1.29, 1.82) is 0 Å². The number of nitrogens with zero attached hydrogens (tertiary/aromatic N) is 3. The first-order chi connectivity index (χ1) is 13.1. The standard InChI is InChI=1S/C19H18F2N4OS/c1-2-25-17(10-13-6-4-3-5-7-13)23-24-19(25)27-12-18(26)22-16-11-14(20)8-9-15(16)21/h3-9,11H,2,10,12H2,1H3,(H,22,26). The normalized spacial score (nSPS) is 10.8. The summed E-state index contributed by atoms with van der Waals surface area (Å²) in [5.74, 6) is -0.922. The van der Waals surface area contributed by atoms with E-state index in [2.05, 4.69) is 15.5 Å². The molecule has 0 unspecified atom stereocenters. The van der Waals surface area contributed by atoms with E-state index >= 15 is 0 Å². The van der Waals surface area contributed by atoms with Gasteiger partial charge in [0.15, 0.2) is 5.16 Å². The van der Waals surface area contributed by atoms with Gasteiger partial charge in [0.25, 0.3) is 0 Å². The van der Waals surface area contributed by atoms with Gasteiger partial charge in [0, 0.05) is 19.0 Å². The van der Waals surface area contributed by atoms with Crippen molar-refractivity contribution in [3.05, 3.63) is 71.6 Å². The molecule has 140 valence electrons. The van der Waals surface area contributed by atoms with Crippen molar-refractivity contribution < 1.29 is 13.6 Å². The molecule has 0 atom stereocenters. The minimum atomic E-state index is -0.684. The van der Waals surface area contributed by atoms with Gasteiger partial charge in [-0.05, 0) is 24.6 Å². The third kappa shape index (κ3) is 4.91. The molecule has 0 aliphatic rings. The van der Waals surface area contributed by atoms with Crippen LogP contribution in [0.3, 0.4) is 0 Å². The average Bonchev–Trinajstić information content (AvgIpc) is 3.05. The lowest BCUT2D eigenvalue weighted by molar-refractivity contribution is -0.113. The van der Waals surface area contributed by atoms with Crippen LogP contribution in [0.4, 0.5) is 14.5 Å². The Bertz CT molecular complexity index is 931. The Hall–Kier alpha value is -2.74. The fourth-order valence-electron chi connectivity index (χ4n) is 2.56. The number of aromatic nitrogens is 3. The molecule has 3 rings (SSSR count). The number of carbonyl (C=O) groups is 1. The lowest BCUT2D eigenvalue weighted by atomic mass is 10.1. The number of carbonyl (C=O) groups excluding carboxylic acids is 1. The molecule has 0 saturated carbocycles. The van der Waals surface area contributed by atoms with Gasteiger partial charge in [-0.2, -0.15) is 0 Å². The number of benzene rings is 2. The number of thioether (sulfide) groups is 1. The quantitative estimate of drug-likeness (QED) is 0.624. The highest BCUT2D eigenvalue weighted by Crippen LogP contribution is 2.20. The molecule has 0 fully saturated rings. The van der Waals surface area contributed by atoms with Crippen LogP contribution in [0, 0.1) is 11.6 Å². The summed E-state index contributed by atoms with van der Waals surface area (Å²) in [7, 11) is 0. The fourth-order valence-corrected chi connectivity index (χ4v) is 3.38. The second-order valence-corrected chi connectivity index (χ2v) is 6.71. The molecule has 0 spiro atoms. The number of amides is 1. The summed E-state index contributed by atoms with van der Waals surface area (Å²) in [4.78, 5) is 12.1. The predicted octanol–water partition coefficient (Wildman–Crippen LogP) is 3.90. The van der Waals surface area contributed by atoms with Crippen molar-refractivity contribution >= 4 is 23.4 Å². The minimum Gasteiger partial charge on any atom is -0.323 e. The number of hydrogen-bond acceptors (Lipinski definition) is 4. The zero-order valence-corrected chi connectivity index (χ0v) is 15.5. The van der Waals surface area contributed by atoms with Crippen LogP contribution in [-0.4, -0.2) is 26.4 Å². The lowest BCUT2D eigenvalue weighted by Crippen LogP contribution is -2.16. The third-order valence-corrected chi connectivity index (χ3v) is 4.82. The maximum Gasteiger partial charge on any atom is 0.234 e. The monoisotopic (exact) mass is 388 g/mol. The molecule has 2 aromatic carbocycles. The molecular formula is C19H18F2N4OS. The fraction of sp³-hybridized carbons (Fsp3) is 0.211. The van der Waals surface area contributed by atoms with E-state index in [-0.39, 0.29) is 11.4 Å². The Labute approximate surface area is 159 Å². The van der Waals surface area contributed by atoms with Gasteiger partial charge in [-0.25, -0.2) is 8.78 Å². The largest absolute Gasteiger partial charge is 0.323 e. The molecule has 0 aliphatic carbocycles. The molecule has 1 amide bonds. The average molecular weight is 388 g/mol. The van der Waals surface area contributed by atoms with Crippen LogP contribution in [0.1, 0.15) is 18.3 Å². The van der Waals surface area contributed by atoms with Gasteiger partial charge in [-0.1, -0.05) is 42.1 Å². The van der Waals surface area contributed by atoms with Gasteiger partial charge in [0.2, 0.25) is 5.91 Å². The molecule has 3 aromatic rings. The molecule has 8 heteroatoms. The van der Waals surface area contributed by atoms with Crippen molar-refractivity contribution in [2.24, 2.45) is 0 Å². The van der Waals surface area contributed by atoms with Gasteiger partial charge in [-0.3, -0.25) is 4.79 Å². The Kier molecular flexibility index (Phi) is 6.18. The van der Waals surface area contributed by atoms with Crippen LogP contribution in [0.2, 0.25) is 0 Å². The van der Waals surface area contributed by atoms with Crippen LogP contribution >= 0.6 is 11.8 Å².